The molecule has 27 heavy (non-hydrogen) atoms. The summed E-state index contributed by atoms with van der Waals surface area (Å²) in [5.41, 5.74) is 3.00. The van der Waals surface area contributed by atoms with Crippen LogP contribution in [-0.4, -0.2) is 33.8 Å². The number of aromatic nitrogens is 2. The Kier molecular flexibility index (Phi) is 4.81. The van der Waals surface area contributed by atoms with Gasteiger partial charge >= 0.3 is 6.03 Å². The predicted octanol–water partition coefficient (Wildman–Crippen LogP) is 4.35. The number of hydrogen-bond acceptors (Lipinski definition) is 3. The Balaban J connectivity index is 1.40. The lowest BCUT2D eigenvalue weighted by Crippen LogP contribution is -2.40. The second-order valence-corrected chi connectivity index (χ2v) is 8.55. The van der Waals surface area contributed by atoms with Gasteiger partial charge in [-0.1, -0.05) is 13.8 Å². The predicted molar refractivity (Wildman–Crippen MR) is 105 cm³/mol. The molecule has 1 fully saturated rings. The van der Waals surface area contributed by atoms with Crippen LogP contribution in [0.15, 0.2) is 30.5 Å². The van der Waals surface area contributed by atoms with Crippen LogP contribution in [0.4, 0.5) is 10.5 Å². The van der Waals surface area contributed by atoms with Gasteiger partial charge in [-0.05, 0) is 61.8 Å². The van der Waals surface area contributed by atoms with E-state index in [0.29, 0.717) is 19.2 Å². The molecule has 2 aliphatic rings. The van der Waals surface area contributed by atoms with Gasteiger partial charge in [0.15, 0.2) is 0 Å². The van der Waals surface area contributed by atoms with Crippen LogP contribution >= 0.6 is 0 Å². The molecule has 0 spiro atoms. The highest BCUT2D eigenvalue weighted by atomic mass is 16.5. The molecule has 0 unspecified atom stereocenters. The molecule has 2 aromatic rings. The van der Waals surface area contributed by atoms with Crippen molar-refractivity contribution in [2.24, 2.45) is 5.41 Å². The molecule has 1 aromatic carbocycles. The minimum Gasteiger partial charge on any atom is -0.490 e. The van der Waals surface area contributed by atoms with Crippen LogP contribution in [-0.2, 0) is 13.0 Å². The van der Waals surface area contributed by atoms with Crippen molar-refractivity contribution in [2.75, 3.05) is 11.9 Å². The molecule has 0 bridgehead atoms. The van der Waals surface area contributed by atoms with E-state index in [1.54, 1.807) is 0 Å². The molecular weight excluding hydrogens is 340 g/mol. The summed E-state index contributed by atoms with van der Waals surface area (Å²) in [6.07, 6.45) is 7.84. The number of urea groups is 1. The number of hydrogen-bond donors (Lipinski definition) is 2. The average Bonchev–Trinajstić information content (AvgIpc) is 3.26. The SMILES string of the molecule is CC1(C)Cc2[nH]ncc2CN(C(=O)Nc2ccc(OC3CCCC3)cc2)C1. The quantitative estimate of drug-likeness (QED) is 0.846. The summed E-state index contributed by atoms with van der Waals surface area (Å²) in [4.78, 5) is 14.7. The molecular formula is C21H28N4O2. The average molecular weight is 368 g/mol. The fourth-order valence-electron chi connectivity index (χ4n) is 4.10. The number of fused-ring (bicyclic) bond motifs is 1. The van der Waals surface area contributed by atoms with E-state index < -0.39 is 0 Å². The lowest BCUT2D eigenvalue weighted by Gasteiger charge is -2.29. The van der Waals surface area contributed by atoms with E-state index in [1.165, 1.54) is 12.8 Å². The Morgan fingerprint density at radius 1 is 1.26 bits per heavy atom. The van der Waals surface area contributed by atoms with Crippen molar-refractivity contribution in [1.82, 2.24) is 15.1 Å². The largest absolute Gasteiger partial charge is 0.490 e. The Hall–Kier alpha value is -2.50. The highest BCUT2D eigenvalue weighted by molar-refractivity contribution is 5.89. The van der Waals surface area contributed by atoms with Crippen molar-refractivity contribution in [2.45, 2.75) is 58.6 Å². The zero-order valence-electron chi connectivity index (χ0n) is 16.1. The van der Waals surface area contributed by atoms with E-state index in [1.807, 2.05) is 35.4 Å². The molecule has 144 valence electrons. The number of ether oxygens (including phenoxy) is 1. The van der Waals surface area contributed by atoms with Gasteiger partial charge in [0.25, 0.3) is 0 Å². The zero-order valence-corrected chi connectivity index (χ0v) is 16.1. The van der Waals surface area contributed by atoms with Crippen LogP contribution in [0.25, 0.3) is 0 Å². The van der Waals surface area contributed by atoms with Gasteiger partial charge in [-0.2, -0.15) is 5.10 Å². The van der Waals surface area contributed by atoms with Gasteiger partial charge < -0.3 is 15.0 Å². The molecule has 1 aliphatic carbocycles. The smallest absolute Gasteiger partial charge is 0.322 e. The van der Waals surface area contributed by atoms with Gasteiger partial charge in [-0.25, -0.2) is 4.79 Å². The molecule has 0 saturated heterocycles. The highest BCUT2D eigenvalue weighted by Gasteiger charge is 2.31. The Morgan fingerprint density at radius 3 is 2.74 bits per heavy atom. The third kappa shape index (κ3) is 4.26. The summed E-state index contributed by atoms with van der Waals surface area (Å²) in [5, 5.41) is 10.2. The van der Waals surface area contributed by atoms with Crippen molar-refractivity contribution < 1.29 is 9.53 Å². The van der Waals surface area contributed by atoms with Crippen molar-refractivity contribution >= 4 is 11.7 Å². The van der Waals surface area contributed by atoms with Crippen molar-refractivity contribution in [3.8, 4) is 5.75 Å². The molecule has 0 radical (unpaired) electrons. The number of benzene rings is 1. The summed E-state index contributed by atoms with van der Waals surface area (Å²) in [6.45, 7) is 5.63. The molecule has 4 rings (SSSR count). The van der Waals surface area contributed by atoms with Gasteiger partial charge in [0.1, 0.15) is 5.75 Å². The summed E-state index contributed by atoms with van der Waals surface area (Å²) in [7, 11) is 0. The van der Waals surface area contributed by atoms with E-state index in [2.05, 4.69) is 29.4 Å². The van der Waals surface area contributed by atoms with E-state index >= 15 is 0 Å². The lowest BCUT2D eigenvalue weighted by atomic mass is 9.88. The normalized spacial score (nSPS) is 19.4. The maximum absolute atomic E-state index is 12.9. The van der Waals surface area contributed by atoms with Crippen LogP contribution < -0.4 is 10.1 Å². The number of carbonyl (C=O) groups is 1. The molecule has 2 heterocycles. The molecule has 1 aliphatic heterocycles. The minimum atomic E-state index is -0.0819. The molecule has 0 atom stereocenters. The fraction of sp³-hybridized carbons (Fsp3) is 0.524. The second-order valence-electron chi connectivity index (χ2n) is 8.55. The number of aromatic amines is 1. The second kappa shape index (κ2) is 7.25. The highest BCUT2D eigenvalue weighted by Crippen LogP contribution is 2.30. The summed E-state index contributed by atoms with van der Waals surface area (Å²) >= 11 is 0. The molecule has 1 saturated carbocycles. The first-order valence-corrected chi connectivity index (χ1v) is 9.82. The van der Waals surface area contributed by atoms with E-state index in [9.17, 15) is 4.79 Å². The standard InChI is InChI=1S/C21H28N4O2/c1-21(2)11-19-15(12-22-24-19)13-25(14-21)20(26)23-16-7-9-18(10-8-16)27-17-5-3-4-6-17/h7-10,12,17H,3-6,11,13-14H2,1-2H3,(H,22,24)(H,23,26). The van der Waals surface area contributed by atoms with Crippen LogP contribution in [0.5, 0.6) is 5.75 Å². The monoisotopic (exact) mass is 368 g/mol. The van der Waals surface area contributed by atoms with Gasteiger partial charge in [0.2, 0.25) is 0 Å². The van der Waals surface area contributed by atoms with Gasteiger partial charge in [-0.15, -0.1) is 0 Å². The van der Waals surface area contributed by atoms with Gasteiger partial charge in [0, 0.05) is 23.5 Å². The number of anilines is 1. The number of nitrogens with zero attached hydrogens (tertiary/aromatic N) is 2. The summed E-state index contributed by atoms with van der Waals surface area (Å²) < 4.78 is 5.99. The Bertz CT molecular complexity index is 791. The fourth-order valence-corrected chi connectivity index (χ4v) is 4.10. The van der Waals surface area contributed by atoms with Crippen LogP contribution in [0.2, 0.25) is 0 Å². The van der Waals surface area contributed by atoms with E-state index in [0.717, 1.165) is 42.0 Å². The first-order chi connectivity index (χ1) is 13.0. The van der Waals surface area contributed by atoms with Gasteiger partial charge in [-0.3, -0.25) is 5.10 Å². The number of carbonyl (C=O) groups excluding carboxylic acids is 1. The Labute approximate surface area is 160 Å². The Morgan fingerprint density at radius 2 is 2.00 bits per heavy atom. The number of H-pyrrole nitrogens is 1. The third-order valence-corrected chi connectivity index (χ3v) is 5.44. The lowest BCUT2D eigenvalue weighted by molar-refractivity contribution is 0.180. The number of nitrogens with one attached hydrogen (secondary N) is 2. The van der Waals surface area contributed by atoms with E-state index in [4.69, 9.17) is 4.74 Å². The summed E-state index contributed by atoms with van der Waals surface area (Å²) in [6, 6.07) is 7.62. The molecule has 6 heteroatoms. The third-order valence-electron chi connectivity index (χ3n) is 5.44. The molecule has 6 nitrogen and oxygen atoms in total. The van der Waals surface area contributed by atoms with Crippen LogP contribution in [0.3, 0.4) is 0 Å². The first-order valence-electron chi connectivity index (χ1n) is 9.82. The zero-order chi connectivity index (χ0) is 18.9. The van der Waals surface area contributed by atoms with Crippen LogP contribution in [0, 0.1) is 5.41 Å². The van der Waals surface area contributed by atoms with Crippen molar-refractivity contribution in [3.63, 3.8) is 0 Å². The maximum atomic E-state index is 12.9. The maximum Gasteiger partial charge on any atom is 0.322 e. The first kappa shape index (κ1) is 17.9. The van der Waals surface area contributed by atoms with E-state index in [-0.39, 0.29) is 11.4 Å². The molecule has 2 amide bonds. The molecule has 1 aromatic heterocycles. The number of rotatable bonds is 3. The minimum absolute atomic E-state index is 0.00585. The van der Waals surface area contributed by atoms with Crippen molar-refractivity contribution in [1.29, 1.82) is 0 Å². The van der Waals surface area contributed by atoms with Gasteiger partial charge in [0.05, 0.1) is 18.8 Å². The van der Waals surface area contributed by atoms with Crippen LogP contribution in [0.1, 0.15) is 50.8 Å². The topological polar surface area (TPSA) is 70.2 Å². The molecule has 2 N–H and O–H groups in total. The number of amides is 2. The summed E-state index contributed by atoms with van der Waals surface area (Å²) in [5.74, 6) is 0.874. The van der Waals surface area contributed by atoms with Crippen molar-refractivity contribution in [3.05, 3.63) is 41.7 Å².